The molecular formula is C77H70Cl3FN10O12. The number of Topliss-reactive ketones (excluding diaryl/α,β-unsaturated/α-hetero) is 4. The Morgan fingerprint density at radius 2 is 0.534 bits per heavy atom. The molecule has 0 aromatic heterocycles. The molecule has 0 fully saturated rings. The zero-order chi connectivity index (χ0) is 74.8. The van der Waals surface area contributed by atoms with Gasteiger partial charge in [0.2, 0.25) is 0 Å². The largest absolute Gasteiger partial charge is 0.494 e. The molecule has 0 aliphatic rings. The Hall–Kier alpha value is -12.7. The van der Waals surface area contributed by atoms with Gasteiger partial charge in [0.1, 0.15) is 11.6 Å². The van der Waals surface area contributed by atoms with Crippen LogP contribution in [0.25, 0.3) is 0 Å². The summed E-state index contributed by atoms with van der Waals surface area (Å²) in [5.74, 6) is -0.127. The molecule has 0 atom stereocenters. The van der Waals surface area contributed by atoms with Crippen molar-refractivity contribution in [2.45, 2.75) is 34.6 Å². The number of anilines is 10. The minimum atomic E-state index is -0.465. The van der Waals surface area contributed by atoms with Gasteiger partial charge in [0.15, 0.2) is 23.1 Å². The summed E-state index contributed by atoms with van der Waals surface area (Å²) in [5, 5.41) is 28.4. The lowest BCUT2D eigenvalue weighted by Gasteiger charge is -2.08. The SMILES string of the molecule is CC(=O)c1ccc(NC(=O)Nc2ccc(C(C)=O)cc2)cc1.CC(=O)c1ccc(NC(=O)Nc2ccc(Cl)cc2)cc1.CC(=O)c1ccc(NC(=O)Nc2cccc(Cl)c2)cc1.CCOc1ccc(NC(=O)Nc2ccc(Cl)cc2)cc1.COC(=O)c1ccc(NC(=O)Nc2ccc(F)cc2)cc1. The van der Waals surface area contributed by atoms with Crippen molar-refractivity contribution >= 4 is 151 Å². The number of carbonyl (C=O) groups is 10. The molecule has 26 heteroatoms. The van der Waals surface area contributed by atoms with Gasteiger partial charge in [-0.15, -0.1) is 0 Å². The highest BCUT2D eigenvalue weighted by atomic mass is 35.5. The summed E-state index contributed by atoms with van der Waals surface area (Å²) in [7, 11) is 1.30. The summed E-state index contributed by atoms with van der Waals surface area (Å²) in [6.07, 6.45) is 0. The van der Waals surface area contributed by atoms with Crippen LogP contribution in [-0.2, 0) is 4.74 Å². The van der Waals surface area contributed by atoms with Gasteiger partial charge in [0.05, 0.1) is 19.3 Å². The Kier molecular flexibility index (Phi) is 31.6. The van der Waals surface area contributed by atoms with E-state index < -0.39 is 18.0 Å². The number of nitrogens with one attached hydrogen (secondary N) is 10. The molecule has 0 radical (unpaired) electrons. The second-order valence-electron chi connectivity index (χ2n) is 21.5. The van der Waals surface area contributed by atoms with E-state index in [1.54, 1.807) is 218 Å². The maximum atomic E-state index is 12.7. The average molecular weight is 1450 g/mol. The first-order valence-corrected chi connectivity index (χ1v) is 32.2. The van der Waals surface area contributed by atoms with Gasteiger partial charge in [0.25, 0.3) is 0 Å². The molecule has 0 aliphatic heterocycles. The summed E-state index contributed by atoms with van der Waals surface area (Å²) in [6, 6.07) is 64.1. The normalized spacial score (nSPS) is 9.88. The van der Waals surface area contributed by atoms with Crippen LogP contribution in [0.4, 0.5) is 85.2 Å². The predicted octanol–water partition coefficient (Wildman–Crippen LogP) is 19.7. The molecule has 10 N–H and O–H groups in total. The quantitative estimate of drug-likeness (QED) is 0.0301. The summed E-state index contributed by atoms with van der Waals surface area (Å²) < 4.78 is 22.6. The summed E-state index contributed by atoms with van der Waals surface area (Å²) in [6.45, 7) is 8.50. The molecule has 10 aromatic carbocycles. The molecule has 10 aromatic rings. The fraction of sp³-hybridized carbons (Fsp3) is 0.0909. The number of hydrogen-bond donors (Lipinski definition) is 10. The van der Waals surface area contributed by atoms with Gasteiger partial charge in [-0.3, -0.25) is 19.2 Å². The molecule has 0 unspecified atom stereocenters. The van der Waals surface area contributed by atoms with Crippen LogP contribution >= 0.6 is 34.8 Å². The fourth-order valence-electron chi connectivity index (χ4n) is 8.39. The third-order valence-corrected chi connectivity index (χ3v) is 14.3. The minimum Gasteiger partial charge on any atom is -0.494 e. The number of ketones is 4. The van der Waals surface area contributed by atoms with Crippen LogP contribution in [0.15, 0.2) is 243 Å². The van der Waals surface area contributed by atoms with E-state index in [1.165, 1.54) is 59.1 Å². The zero-order valence-corrected chi connectivity index (χ0v) is 58.5. The van der Waals surface area contributed by atoms with Crippen molar-refractivity contribution in [3.8, 4) is 5.75 Å². The van der Waals surface area contributed by atoms with Crippen molar-refractivity contribution < 1.29 is 61.8 Å². The van der Waals surface area contributed by atoms with E-state index in [4.69, 9.17) is 39.5 Å². The van der Waals surface area contributed by atoms with Gasteiger partial charge >= 0.3 is 36.1 Å². The van der Waals surface area contributed by atoms with Crippen molar-refractivity contribution in [2.75, 3.05) is 66.9 Å². The topological polar surface area (TPSA) is 309 Å². The molecular weight excluding hydrogens is 1380 g/mol. The maximum absolute atomic E-state index is 12.7. The number of esters is 1. The molecule has 0 saturated carbocycles. The highest BCUT2D eigenvalue weighted by Gasteiger charge is 2.11. The summed E-state index contributed by atoms with van der Waals surface area (Å²) >= 11 is 17.4. The van der Waals surface area contributed by atoms with E-state index in [2.05, 4.69) is 57.9 Å². The van der Waals surface area contributed by atoms with Gasteiger partial charge in [-0.05, 0) is 271 Å². The molecule has 22 nitrogen and oxygen atoms in total. The van der Waals surface area contributed by atoms with Crippen molar-refractivity contribution in [3.05, 3.63) is 291 Å². The van der Waals surface area contributed by atoms with E-state index in [-0.39, 0.29) is 47.0 Å². The molecule has 10 rings (SSSR count). The lowest BCUT2D eigenvalue weighted by atomic mass is 10.1. The Bertz CT molecular complexity index is 4460. The van der Waals surface area contributed by atoms with Crippen molar-refractivity contribution in [3.63, 3.8) is 0 Å². The van der Waals surface area contributed by atoms with Gasteiger partial charge in [0, 0.05) is 94.2 Å². The minimum absolute atomic E-state index is 0.0119. The van der Waals surface area contributed by atoms with Crippen molar-refractivity contribution in [1.29, 1.82) is 0 Å². The van der Waals surface area contributed by atoms with E-state index in [0.29, 0.717) is 106 Å². The molecule has 10 amide bonds. The average Bonchev–Trinajstić information content (AvgIpc) is 0.906. The Morgan fingerprint density at radius 3 is 0.777 bits per heavy atom. The van der Waals surface area contributed by atoms with Gasteiger partial charge in [-0.25, -0.2) is 33.2 Å². The summed E-state index contributed by atoms with van der Waals surface area (Å²) in [4.78, 5) is 115. The zero-order valence-electron chi connectivity index (χ0n) is 56.2. The number of methoxy groups -OCH3 is 1. The smallest absolute Gasteiger partial charge is 0.337 e. The molecule has 0 bridgehead atoms. The third kappa shape index (κ3) is 29.3. The van der Waals surface area contributed by atoms with Gasteiger partial charge in [-0.1, -0.05) is 40.9 Å². The van der Waals surface area contributed by atoms with E-state index >= 15 is 0 Å². The first-order valence-electron chi connectivity index (χ1n) is 31.1. The fourth-order valence-corrected chi connectivity index (χ4v) is 8.84. The van der Waals surface area contributed by atoms with E-state index in [9.17, 15) is 52.3 Å². The number of ether oxygens (including phenoxy) is 2. The number of amides is 10. The van der Waals surface area contributed by atoms with Crippen LogP contribution < -0.4 is 57.9 Å². The monoisotopic (exact) mass is 1450 g/mol. The Labute approximate surface area is 608 Å². The number of rotatable bonds is 17. The standard InChI is InChI=1S/C17H16N2O3.2C15H13ClN2O2.C15H15ClN2O2.C15H13FN2O3/c1-11(20)13-3-7-15(8-4-13)18-17(22)19-16-9-5-14(6-10-16)12(2)21;1-10(19)11-2-6-13(7-3-11)17-15(20)18-14-8-4-12(16)5-9-14;1-10(19)11-5-7-13(8-6-11)17-15(20)18-14-4-2-3-12(16)9-14;1-2-20-14-9-7-13(8-10-14)18-15(19)17-12-5-3-11(16)4-6-12;1-21-14(19)10-2-6-12(7-3-10)17-15(20)18-13-8-4-11(16)5-9-13/h3-10H,1-2H3,(H2,18,19,22);2*2-9H,1H3,(H2,17,18,20);3-10H,2H2,1H3,(H2,17,18,19);2-9H,1H3,(H2,17,18,20). The molecule has 0 aliphatic carbocycles. The van der Waals surface area contributed by atoms with Crippen LogP contribution in [0, 0.1) is 5.82 Å². The second-order valence-corrected chi connectivity index (χ2v) is 22.8. The molecule has 0 heterocycles. The highest BCUT2D eigenvalue weighted by Crippen LogP contribution is 2.22. The summed E-state index contributed by atoms with van der Waals surface area (Å²) in [5.41, 5.74) is 8.78. The number of carbonyl (C=O) groups excluding carboxylic acids is 10. The van der Waals surface area contributed by atoms with Crippen molar-refractivity contribution in [2.24, 2.45) is 0 Å². The van der Waals surface area contributed by atoms with Crippen LogP contribution in [-0.4, -0.2) is 73.0 Å². The highest BCUT2D eigenvalue weighted by molar-refractivity contribution is 6.31. The van der Waals surface area contributed by atoms with Crippen LogP contribution in [0.3, 0.4) is 0 Å². The lowest BCUT2D eigenvalue weighted by molar-refractivity contribution is 0.0600. The molecule has 0 saturated heterocycles. The van der Waals surface area contributed by atoms with E-state index in [1.807, 2.05) is 6.92 Å². The predicted molar refractivity (Wildman–Crippen MR) is 405 cm³/mol. The Balaban J connectivity index is 0.000000202. The second kappa shape index (κ2) is 41.0. The molecule has 103 heavy (non-hydrogen) atoms. The molecule has 528 valence electrons. The van der Waals surface area contributed by atoms with Crippen molar-refractivity contribution in [1.82, 2.24) is 0 Å². The molecule has 0 spiro atoms. The lowest BCUT2D eigenvalue weighted by Crippen LogP contribution is -2.19. The first-order chi connectivity index (χ1) is 49.3. The number of hydrogen-bond acceptors (Lipinski definition) is 12. The van der Waals surface area contributed by atoms with Gasteiger partial charge < -0.3 is 62.6 Å². The maximum Gasteiger partial charge on any atom is 0.337 e. The van der Waals surface area contributed by atoms with Crippen LogP contribution in [0.1, 0.15) is 86.4 Å². The van der Waals surface area contributed by atoms with Crippen LogP contribution in [0.5, 0.6) is 5.75 Å². The Morgan fingerprint density at radius 1 is 0.301 bits per heavy atom. The number of urea groups is 5. The third-order valence-electron chi connectivity index (χ3n) is 13.6. The van der Waals surface area contributed by atoms with E-state index in [0.717, 1.165) is 5.75 Å². The first kappa shape index (κ1) is 79.3. The van der Waals surface area contributed by atoms with Gasteiger partial charge in [-0.2, -0.15) is 0 Å². The number of halogens is 4. The number of benzene rings is 10. The van der Waals surface area contributed by atoms with Crippen LogP contribution in [0.2, 0.25) is 15.1 Å².